The third-order valence-corrected chi connectivity index (χ3v) is 5.28. The average Bonchev–Trinajstić information content (AvgIpc) is 2.95. The molecule has 0 amide bonds. The summed E-state index contributed by atoms with van der Waals surface area (Å²) in [4.78, 5) is 0. The number of phenols is 1. The van der Waals surface area contributed by atoms with E-state index in [1.807, 2.05) is 18.2 Å². The molecule has 2 aromatic rings. The normalized spacial score (nSPS) is 20.0. The Hall–Kier alpha value is -2.31. The molecule has 0 radical (unpaired) electrons. The van der Waals surface area contributed by atoms with Crippen LogP contribution in [0.25, 0.3) is 11.1 Å². The van der Waals surface area contributed by atoms with Crippen LogP contribution in [0.1, 0.15) is 35.4 Å². The monoisotopic (exact) mass is 358 g/mol. The molecule has 2 aliphatic carbocycles. The summed E-state index contributed by atoms with van der Waals surface area (Å²) < 4.78 is 36.6. The van der Waals surface area contributed by atoms with E-state index in [0.717, 1.165) is 42.4 Å². The molecule has 25 heavy (non-hydrogen) atoms. The highest BCUT2D eigenvalue weighted by Crippen LogP contribution is 2.48. The second-order valence-corrected chi connectivity index (χ2v) is 7.51. The van der Waals surface area contributed by atoms with E-state index in [-0.39, 0.29) is 17.4 Å². The number of rotatable bonds is 2. The molecule has 130 valence electrons. The van der Waals surface area contributed by atoms with Gasteiger partial charge in [-0.1, -0.05) is 24.3 Å². The van der Waals surface area contributed by atoms with Crippen LogP contribution in [-0.4, -0.2) is 18.1 Å². The van der Waals surface area contributed by atoms with Gasteiger partial charge in [0.15, 0.2) is 5.75 Å². The highest BCUT2D eigenvalue weighted by Gasteiger charge is 2.29. The van der Waals surface area contributed by atoms with E-state index in [2.05, 4.69) is 12.2 Å². The second-order valence-electron chi connectivity index (χ2n) is 6.49. The van der Waals surface area contributed by atoms with Crippen molar-refractivity contribution >= 4 is 10.4 Å². The predicted octanol–water partition coefficient (Wildman–Crippen LogP) is 3.77. The molecule has 2 bridgehead atoms. The topological polar surface area (TPSA) is 83.8 Å². The lowest BCUT2D eigenvalue weighted by atomic mass is 9.88. The number of phenolic OH excluding ortho intramolecular Hbond substituents is 1. The molecule has 2 aromatic carbocycles. The zero-order valence-corrected chi connectivity index (χ0v) is 14.3. The minimum atomic E-state index is -4.66. The summed E-state index contributed by atoms with van der Waals surface area (Å²) in [7, 11) is -4.66. The van der Waals surface area contributed by atoms with Crippen molar-refractivity contribution in [2.45, 2.75) is 31.6 Å². The number of aromatic hydroxyl groups is 1. The maximum atomic E-state index is 11.3. The van der Waals surface area contributed by atoms with Gasteiger partial charge in [-0.05, 0) is 60.6 Å². The van der Waals surface area contributed by atoms with Gasteiger partial charge in [0.25, 0.3) is 0 Å². The lowest BCUT2D eigenvalue weighted by molar-refractivity contribution is 0.387. The van der Waals surface area contributed by atoms with Crippen LogP contribution in [-0.2, 0) is 23.2 Å². The van der Waals surface area contributed by atoms with E-state index in [9.17, 15) is 13.5 Å². The van der Waals surface area contributed by atoms with Crippen molar-refractivity contribution in [2.75, 3.05) is 0 Å². The Morgan fingerprint density at radius 2 is 1.96 bits per heavy atom. The highest BCUT2D eigenvalue weighted by molar-refractivity contribution is 7.81. The molecule has 2 N–H and O–H groups in total. The summed E-state index contributed by atoms with van der Waals surface area (Å²) in [6, 6.07) is 8.73. The molecule has 0 saturated heterocycles. The van der Waals surface area contributed by atoms with E-state index in [0.29, 0.717) is 11.1 Å². The Bertz CT molecular complexity index is 976. The summed E-state index contributed by atoms with van der Waals surface area (Å²) >= 11 is 0. The van der Waals surface area contributed by atoms with Gasteiger partial charge in [0.2, 0.25) is 0 Å². The molecule has 2 aliphatic rings. The Kier molecular flexibility index (Phi) is 3.81. The van der Waals surface area contributed by atoms with Gasteiger partial charge in [-0.25, -0.2) is 0 Å². The van der Waals surface area contributed by atoms with Crippen molar-refractivity contribution < 1.29 is 22.3 Å². The van der Waals surface area contributed by atoms with Gasteiger partial charge in [0, 0.05) is 17.0 Å². The number of aryl methyl sites for hydroxylation is 2. The van der Waals surface area contributed by atoms with Gasteiger partial charge in [-0.2, -0.15) is 8.42 Å². The average molecular weight is 358 g/mol. The van der Waals surface area contributed by atoms with Crippen molar-refractivity contribution in [1.82, 2.24) is 0 Å². The van der Waals surface area contributed by atoms with Crippen molar-refractivity contribution in [2.24, 2.45) is 0 Å². The highest BCUT2D eigenvalue weighted by atomic mass is 32.3. The fourth-order valence-corrected chi connectivity index (χ4v) is 4.21. The first-order valence-electron chi connectivity index (χ1n) is 8.24. The Morgan fingerprint density at radius 3 is 2.76 bits per heavy atom. The lowest BCUT2D eigenvalue weighted by Gasteiger charge is -2.19. The zero-order valence-electron chi connectivity index (χ0n) is 13.5. The SMILES string of the molecule is O=S(=O)(O)Oc1ccc2c3c1-c1cc(ccc1O)CC/C=C/[C@@H]3CC2. The van der Waals surface area contributed by atoms with Crippen LogP contribution in [0.15, 0.2) is 42.5 Å². The van der Waals surface area contributed by atoms with Gasteiger partial charge in [-0.3, -0.25) is 4.55 Å². The molecule has 5 nitrogen and oxygen atoms in total. The van der Waals surface area contributed by atoms with Crippen LogP contribution in [0, 0.1) is 0 Å². The maximum absolute atomic E-state index is 11.3. The molecule has 4 rings (SSSR count). The first-order valence-corrected chi connectivity index (χ1v) is 9.60. The fourth-order valence-electron chi connectivity index (χ4n) is 3.84. The molecule has 0 heterocycles. The number of hydrogen-bond acceptors (Lipinski definition) is 4. The number of fused-ring (bicyclic) bond motifs is 3. The fraction of sp³-hybridized carbons (Fsp3) is 0.263. The quantitative estimate of drug-likeness (QED) is 0.631. The van der Waals surface area contributed by atoms with Gasteiger partial charge >= 0.3 is 10.4 Å². The summed E-state index contributed by atoms with van der Waals surface area (Å²) in [6.45, 7) is 0. The number of allylic oxidation sites excluding steroid dienone is 2. The minimum Gasteiger partial charge on any atom is -0.507 e. The van der Waals surface area contributed by atoms with Gasteiger partial charge < -0.3 is 9.29 Å². The van der Waals surface area contributed by atoms with E-state index >= 15 is 0 Å². The summed E-state index contributed by atoms with van der Waals surface area (Å²) in [5.41, 5.74) is 4.20. The van der Waals surface area contributed by atoms with Crippen molar-refractivity contribution in [3.05, 3.63) is 59.2 Å². The minimum absolute atomic E-state index is 0.0366. The van der Waals surface area contributed by atoms with Gasteiger partial charge in [0.05, 0.1) is 0 Å². The molecular formula is C19H18O5S. The molecule has 0 aromatic heterocycles. The predicted molar refractivity (Wildman–Crippen MR) is 94.2 cm³/mol. The van der Waals surface area contributed by atoms with Gasteiger partial charge in [0.1, 0.15) is 5.75 Å². The van der Waals surface area contributed by atoms with Crippen LogP contribution in [0.4, 0.5) is 0 Å². The standard InChI is InChI=1S/C19H18O5S/c20-16-9-5-12-3-1-2-4-13-6-7-14-8-10-17(24-25(21,22)23)19(18(13)14)15(16)11-12/h2,4-5,8-11,13,20H,1,3,6-7H2,(H,21,22,23)/b4-2+/t13-/m1/s1. The van der Waals surface area contributed by atoms with Crippen molar-refractivity contribution in [1.29, 1.82) is 0 Å². The van der Waals surface area contributed by atoms with Crippen molar-refractivity contribution in [3.63, 3.8) is 0 Å². The Morgan fingerprint density at radius 1 is 1.12 bits per heavy atom. The lowest BCUT2D eigenvalue weighted by Crippen LogP contribution is -2.09. The number of benzene rings is 2. The van der Waals surface area contributed by atoms with Crippen LogP contribution in [0.5, 0.6) is 11.5 Å². The third kappa shape index (κ3) is 3.03. The molecule has 1 atom stereocenters. The zero-order chi connectivity index (χ0) is 17.6. The second kappa shape index (κ2) is 5.89. The first kappa shape index (κ1) is 16.2. The third-order valence-electron chi connectivity index (χ3n) is 4.89. The molecule has 0 aliphatic heterocycles. The van der Waals surface area contributed by atoms with Crippen molar-refractivity contribution in [3.8, 4) is 22.6 Å². The Balaban J connectivity index is 2.05. The largest absolute Gasteiger partial charge is 0.507 e. The van der Waals surface area contributed by atoms with Crippen LogP contribution < -0.4 is 4.18 Å². The van der Waals surface area contributed by atoms with Crippen LogP contribution >= 0.6 is 0 Å². The summed E-state index contributed by atoms with van der Waals surface area (Å²) in [5.74, 6) is 0.234. The molecule has 0 spiro atoms. The summed E-state index contributed by atoms with van der Waals surface area (Å²) in [6.07, 6.45) is 7.85. The molecule has 6 heteroatoms. The van der Waals surface area contributed by atoms with Gasteiger partial charge in [-0.15, -0.1) is 0 Å². The van der Waals surface area contributed by atoms with E-state index in [1.165, 1.54) is 0 Å². The van der Waals surface area contributed by atoms with E-state index in [4.69, 9.17) is 8.74 Å². The number of hydrogen-bond donors (Lipinski definition) is 2. The molecular weight excluding hydrogens is 340 g/mol. The van der Waals surface area contributed by atoms with E-state index in [1.54, 1.807) is 12.1 Å². The molecule has 0 fully saturated rings. The summed E-state index contributed by atoms with van der Waals surface area (Å²) in [5, 5.41) is 10.4. The van der Waals surface area contributed by atoms with Crippen LogP contribution in [0.2, 0.25) is 0 Å². The molecule has 0 saturated carbocycles. The van der Waals surface area contributed by atoms with E-state index < -0.39 is 10.4 Å². The Labute approximate surface area is 146 Å². The molecule has 0 unspecified atom stereocenters. The maximum Gasteiger partial charge on any atom is 0.446 e. The van der Waals surface area contributed by atoms with Crippen LogP contribution in [0.3, 0.4) is 0 Å². The first-order chi connectivity index (χ1) is 11.9. The smallest absolute Gasteiger partial charge is 0.446 e.